The van der Waals surface area contributed by atoms with Gasteiger partial charge in [0.1, 0.15) is 6.04 Å². The van der Waals surface area contributed by atoms with Gasteiger partial charge in [-0.2, -0.15) is 0 Å². The molecule has 3 aromatic carbocycles. The van der Waals surface area contributed by atoms with Crippen LogP contribution in [-0.2, 0) is 21.1 Å². The highest BCUT2D eigenvalue weighted by Gasteiger charge is 2.38. The molecule has 1 unspecified atom stereocenters. The van der Waals surface area contributed by atoms with E-state index >= 15 is 0 Å². The van der Waals surface area contributed by atoms with Gasteiger partial charge in [0.15, 0.2) is 9.84 Å². The average Bonchev–Trinajstić information content (AvgIpc) is 2.74. The van der Waals surface area contributed by atoms with E-state index in [4.69, 9.17) is 0 Å². The Bertz CT molecular complexity index is 1270. The summed E-state index contributed by atoms with van der Waals surface area (Å²) in [7, 11) is -3.47. The summed E-state index contributed by atoms with van der Waals surface area (Å²) < 4.78 is 24.0. The second-order valence-corrected chi connectivity index (χ2v) is 9.65. The summed E-state index contributed by atoms with van der Waals surface area (Å²) in [5, 5.41) is 2.80. The molecule has 1 aliphatic rings. The number of amides is 2. The Morgan fingerprint density at radius 3 is 2.35 bits per heavy atom. The third-order valence-electron chi connectivity index (χ3n) is 5.39. The van der Waals surface area contributed by atoms with Gasteiger partial charge in [0.25, 0.3) is 5.91 Å². The van der Waals surface area contributed by atoms with Crippen LogP contribution in [0.4, 0.5) is 11.4 Å². The minimum atomic E-state index is -3.47. The topological polar surface area (TPSA) is 83.6 Å². The zero-order valence-electron chi connectivity index (χ0n) is 17.2. The molecule has 1 N–H and O–H groups in total. The fraction of sp³-hybridized carbons (Fsp3) is 0.167. The molecule has 2 amide bonds. The number of rotatable bonds is 4. The summed E-state index contributed by atoms with van der Waals surface area (Å²) in [5.41, 5.74) is 2.99. The second kappa shape index (κ2) is 8.00. The molecule has 158 valence electrons. The van der Waals surface area contributed by atoms with Crippen molar-refractivity contribution in [1.82, 2.24) is 0 Å². The quantitative estimate of drug-likeness (QED) is 0.680. The minimum absolute atomic E-state index is 0.0800. The van der Waals surface area contributed by atoms with Crippen LogP contribution in [0.3, 0.4) is 0 Å². The Morgan fingerprint density at radius 2 is 1.68 bits per heavy atom. The highest BCUT2D eigenvalue weighted by atomic mass is 32.2. The van der Waals surface area contributed by atoms with Gasteiger partial charge >= 0.3 is 0 Å². The summed E-state index contributed by atoms with van der Waals surface area (Å²) in [5.74, 6) is -0.661. The Hall–Kier alpha value is -3.45. The molecule has 6 nitrogen and oxygen atoms in total. The van der Waals surface area contributed by atoms with Crippen LogP contribution in [0.1, 0.15) is 21.5 Å². The largest absolute Gasteiger partial charge is 0.322 e. The van der Waals surface area contributed by atoms with Crippen molar-refractivity contribution >= 4 is 33.0 Å². The van der Waals surface area contributed by atoms with E-state index in [1.807, 2.05) is 49.4 Å². The van der Waals surface area contributed by atoms with E-state index in [-0.39, 0.29) is 16.7 Å². The normalized spacial score (nSPS) is 15.9. The lowest BCUT2D eigenvalue weighted by molar-refractivity contribution is -0.117. The Morgan fingerprint density at radius 1 is 1.00 bits per heavy atom. The van der Waals surface area contributed by atoms with Crippen molar-refractivity contribution in [3.05, 3.63) is 89.5 Å². The average molecular weight is 435 g/mol. The molecule has 0 spiro atoms. The first-order valence-electron chi connectivity index (χ1n) is 9.84. The lowest BCUT2D eigenvalue weighted by Gasteiger charge is -2.37. The number of nitrogens with one attached hydrogen (secondary N) is 1. The smallest absolute Gasteiger partial charge is 0.259 e. The third-order valence-corrected chi connectivity index (χ3v) is 6.50. The number of nitrogens with zero attached hydrogens (tertiary/aromatic N) is 1. The van der Waals surface area contributed by atoms with Crippen molar-refractivity contribution in [2.24, 2.45) is 0 Å². The van der Waals surface area contributed by atoms with E-state index in [2.05, 4.69) is 5.32 Å². The first kappa shape index (κ1) is 20.8. The standard InChI is InChI=1S/C24H22N2O4S/c1-16-8-6-7-11-19(16)24(28)26-21-13-12-18(31(2,29)30)15-20(21)25-23(27)22(26)14-17-9-4-3-5-10-17/h3-13,15,22H,14H2,1-2H3,(H,25,27). The third kappa shape index (κ3) is 4.09. The molecule has 4 rings (SSSR count). The van der Waals surface area contributed by atoms with Crippen molar-refractivity contribution in [3.63, 3.8) is 0 Å². The van der Waals surface area contributed by atoms with E-state index < -0.39 is 15.9 Å². The van der Waals surface area contributed by atoms with Crippen LogP contribution in [-0.4, -0.2) is 32.5 Å². The van der Waals surface area contributed by atoms with Crippen molar-refractivity contribution in [2.45, 2.75) is 24.3 Å². The molecular weight excluding hydrogens is 412 g/mol. The second-order valence-electron chi connectivity index (χ2n) is 7.64. The van der Waals surface area contributed by atoms with Crippen LogP contribution in [0.25, 0.3) is 0 Å². The lowest BCUT2D eigenvalue weighted by Crippen LogP contribution is -2.52. The number of hydrogen-bond donors (Lipinski definition) is 1. The summed E-state index contributed by atoms with van der Waals surface area (Å²) in [6.07, 6.45) is 1.44. The SMILES string of the molecule is Cc1ccccc1C(=O)N1c2ccc(S(C)(=O)=O)cc2NC(=O)C1Cc1ccccc1. The van der Waals surface area contributed by atoms with E-state index in [9.17, 15) is 18.0 Å². The number of carbonyl (C=O) groups is 2. The van der Waals surface area contributed by atoms with Gasteiger partial charge in [-0.25, -0.2) is 8.42 Å². The van der Waals surface area contributed by atoms with Gasteiger partial charge in [-0.1, -0.05) is 48.5 Å². The zero-order chi connectivity index (χ0) is 22.2. The van der Waals surface area contributed by atoms with Crippen molar-refractivity contribution in [1.29, 1.82) is 0 Å². The number of anilines is 2. The van der Waals surface area contributed by atoms with E-state index in [0.29, 0.717) is 23.4 Å². The van der Waals surface area contributed by atoms with Crippen LogP contribution >= 0.6 is 0 Å². The Kier molecular flexibility index (Phi) is 5.37. The number of sulfone groups is 1. The molecular formula is C24H22N2O4S. The molecule has 0 aliphatic carbocycles. The first-order valence-corrected chi connectivity index (χ1v) is 11.7. The zero-order valence-corrected chi connectivity index (χ0v) is 18.0. The van der Waals surface area contributed by atoms with Crippen molar-refractivity contribution in [2.75, 3.05) is 16.5 Å². The molecule has 7 heteroatoms. The monoisotopic (exact) mass is 434 g/mol. The maximum absolute atomic E-state index is 13.6. The number of hydrogen-bond acceptors (Lipinski definition) is 4. The molecule has 0 saturated heterocycles. The molecule has 0 bridgehead atoms. The Balaban J connectivity index is 1.85. The maximum atomic E-state index is 13.6. The lowest BCUT2D eigenvalue weighted by atomic mass is 9.98. The van der Waals surface area contributed by atoms with Gasteiger partial charge in [0.05, 0.1) is 16.3 Å². The van der Waals surface area contributed by atoms with Crippen molar-refractivity contribution in [3.8, 4) is 0 Å². The van der Waals surface area contributed by atoms with Gasteiger partial charge in [-0.05, 0) is 42.3 Å². The summed E-state index contributed by atoms with van der Waals surface area (Å²) in [4.78, 5) is 28.3. The van der Waals surface area contributed by atoms with E-state index in [1.54, 1.807) is 18.2 Å². The molecule has 1 atom stereocenters. The number of fused-ring (bicyclic) bond motifs is 1. The number of carbonyl (C=O) groups excluding carboxylic acids is 2. The molecule has 1 heterocycles. The number of aryl methyl sites for hydroxylation is 1. The first-order chi connectivity index (χ1) is 14.8. The maximum Gasteiger partial charge on any atom is 0.259 e. The van der Waals surface area contributed by atoms with Gasteiger partial charge in [0, 0.05) is 18.2 Å². The van der Waals surface area contributed by atoms with E-state index in [0.717, 1.165) is 17.4 Å². The highest BCUT2D eigenvalue weighted by Crippen LogP contribution is 2.36. The van der Waals surface area contributed by atoms with Crippen LogP contribution in [0.2, 0.25) is 0 Å². The predicted molar refractivity (Wildman–Crippen MR) is 120 cm³/mol. The molecule has 1 aliphatic heterocycles. The summed E-state index contributed by atoms with van der Waals surface area (Å²) >= 11 is 0. The fourth-order valence-corrected chi connectivity index (χ4v) is 4.42. The fourth-order valence-electron chi connectivity index (χ4n) is 3.77. The molecule has 0 aromatic heterocycles. The molecule has 0 fully saturated rings. The molecule has 31 heavy (non-hydrogen) atoms. The van der Waals surface area contributed by atoms with Gasteiger partial charge in [-0.3, -0.25) is 14.5 Å². The van der Waals surface area contributed by atoms with Gasteiger partial charge in [0.2, 0.25) is 5.91 Å². The van der Waals surface area contributed by atoms with Gasteiger partial charge < -0.3 is 5.32 Å². The molecule has 3 aromatic rings. The van der Waals surface area contributed by atoms with Gasteiger partial charge in [-0.15, -0.1) is 0 Å². The predicted octanol–water partition coefficient (Wildman–Crippen LogP) is 3.61. The Labute approximate surface area is 181 Å². The summed E-state index contributed by atoms with van der Waals surface area (Å²) in [6.45, 7) is 1.84. The molecule has 0 saturated carbocycles. The van der Waals surface area contributed by atoms with Crippen LogP contribution in [0.5, 0.6) is 0 Å². The van der Waals surface area contributed by atoms with E-state index in [1.165, 1.54) is 17.0 Å². The van der Waals surface area contributed by atoms with Crippen LogP contribution in [0, 0.1) is 6.92 Å². The summed E-state index contributed by atoms with van der Waals surface area (Å²) in [6, 6.07) is 20.4. The molecule has 0 radical (unpaired) electrons. The van der Waals surface area contributed by atoms with Crippen LogP contribution in [0.15, 0.2) is 77.7 Å². The minimum Gasteiger partial charge on any atom is -0.322 e. The van der Waals surface area contributed by atoms with Crippen molar-refractivity contribution < 1.29 is 18.0 Å². The van der Waals surface area contributed by atoms with Crippen LogP contribution < -0.4 is 10.2 Å². The number of benzene rings is 3. The highest BCUT2D eigenvalue weighted by molar-refractivity contribution is 7.90.